The average Bonchev–Trinajstić information content (AvgIpc) is 2.97. The number of benzene rings is 1. The van der Waals surface area contributed by atoms with E-state index >= 15 is 0 Å². The molecule has 1 fully saturated rings. The summed E-state index contributed by atoms with van der Waals surface area (Å²) in [5, 5.41) is 0. The maximum absolute atomic E-state index is 13.1. The Balaban J connectivity index is 1.84. The molecule has 0 bridgehead atoms. The number of nitrogens with zero attached hydrogens (tertiary/aromatic N) is 1. The third-order valence-corrected chi connectivity index (χ3v) is 4.59. The number of aromatic amines is 1. The fraction of sp³-hybridized carbons (Fsp3) is 0.389. The van der Waals surface area contributed by atoms with E-state index in [2.05, 4.69) is 9.88 Å². The van der Waals surface area contributed by atoms with Gasteiger partial charge in [-0.2, -0.15) is 0 Å². The lowest BCUT2D eigenvalue weighted by molar-refractivity contribution is 0.245. The number of hydrogen-bond acceptors (Lipinski definition) is 2. The summed E-state index contributed by atoms with van der Waals surface area (Å²) in [6, 6.07) is 7.06. The third-order valence-electron chi connectivity index (χ3n) is 4.59. The van der Waals surface area contributed by atoms with Crippen LogP contribution in [0.5, 0.6) is 0 Å². The molecule has 0 radical (unpaired) electrons. The molecule has 0 aliphatic carbocycles. The van der Waals surface area contributed by atoms with Crippen molar-refractivity contribution in [3.63, 3.8) is 0 Å². The quantitative estimate of drug-likeness (QED) is 0.942. The fourth-order valence-corrected chi connectivity index (χ4v) is 3.25. The summed E-state index contributed by atoms with van der Waals surface area (Å²) < 4.78 is 13.1. The molecule has 0 spiro atoms. The van der Waals surface area contributed by atoms with Crippen LogP contribution in [0.1, 0.15) is 41.3 Å². The number of halogens is 1. The summed E-state index contributed by atoms with van der Waals surface area (Å²) in [5.74, 6) is -0.202. The molecule has 1 atom stereocenters. The van der Waals surface area contributed by atoms with E-state index in [1.165, 1.54) is 12.1 Å². The molecule has 1 aromatic carbocycles. The van der Waals surface area contributed by atoms with Gasteiger partial charge in [0, 0.05) is 35.6 Å². The molecule has 1 aromatic heterocycles. The summed E-state index contributed by atoms with van der Waals surface area (Å²) in [6.07, 6.45) is 3.98. The molecule has 1 aliphatic heterocycles. The highest BCUT2D eigenvalue weighted by atomic mass is 19.1. The van der Waals surface area contributed by atoms with Gasteiger partial charge in [-0.05, 0) is 50.9 Å². The predicted octanol–water partition coefficient (Wildman–Crippen LogP) is 3.47. The molecular weight excluding hydrogens is 279 g/mol. The van der Waals surface area contributed by atoms with Gasteiger partial charge in [-0.25, -0.2) is 4.39 Å². The molecule has 1 aliphatic rings. The zero-order chi connectivity index (χ0) is 15.7. The zero-order valence-corrected chi connectivity index (χ0v) is 13.0. The molecule has 22 heavy (non-hydrogen) atoms. The topological polar surface area (TPSA) is 36.1 Å². The van der Waals surface area contributed by atoms with Gasteiger partial charge in [0.15, 0.2) is 5.43 Å². The number of likely N-dealkylation sites (tertiary alicyclic amines) is 1. The van der Waals surface area contributed by atoms with Crippen molar-refractivity contribution < 1.29 is 4.39 Å². The molecule has 1 N–H and O–H groups in total. The van der Waals surface area contributed by atoms with E-state index in [1.54, 1.807) is 6.20 Å². The van der Waals surface area contributed by atoms with Gasteiger partial charge in [-0.15, -0.1) is 0 Å². The van der Waals surface area contributed by atoms with Crippen molar-refractivity contribution in [2.45, 2.75) is 39.3 Å². The first kappa shape index (κ1) is 15.0. The Bertz CT molecular complexity index is 721. The summed E-state index contributed by atoms with van der Waals surface area (Å²) in [5.41, 5.74) is 3.78. The molecular formula is C18H21FN2O. The van der Waals surface area contributed by atoms with E-state index in [-0.39, 0.29) is 11.2 Å². The Labute approximate surface area is 129 Å². The minimum Gasteiger partial charge on any atom is -0.363 e. The lowest BCUT2D eigenvalue weighted by atomic mass is 10.0. The Morgan fingerprint density at radius 3 is 2.73 bits per heavy atom. The Hall–Kier alpha value is -1.94. The van der Waals surface area contributed by atoms with Crippen LogP contribution in [-0.4, -0.2) is 16.4 Å². The van der Waals surface area contributed by atoms with Gasteiger partial charge in [-0.1, -0.05) is 12.1 Å². The Kier molecular flexibility index (Phi) is 4.12. The maximum atomic E-state index is 13.1. The monoisotopic (exact) mass is 300 g/mol. The van der Waals surface area contributed by atoms with E-state index in [0.29, 0.717) is 6.04 Å². The first-order valence-electron chi connectivity index (χ1n) is 7.73. The van der Waals surface area contributed by atoms with E-state index in [4.69, 9.17) is 0 Å². The molecule has 3 rings (SSSR count). The molecule has 0 saturated carbocycles. The van der Waals surface area contributed by atoms with Crippen LogP contribution in [0.15, 0.2) is 35.3 Å². The number of nitrogens with one attached hydrogen (secondary N) is 1. The van der Waals surface area contributed by atoms with Gasteiger partial charge in [0.2, 0.25) is 0 Å². The van der Waals surface area contributed by atoms with Crippen molar-refractivity contribution in [3.8, 4) is 0 Å². The highest BCUT2D eigenvalue weighted by Crippen LogP contribution is 2.33. The van der Waals surface area contributed by atoms with Gasteiger partial charge in [-0.3, -0.25) is 9.69 Å². The third kappa shape index (κ3) is 2.83. The van der Waals surface area contributed by atoms with E-state index < -0.39 is 0 Å². The Morgan fingerprint density at radius 2 is 2.00 bits per heavy atom. The van der Waals surface area contributed by atoms with Crippen LogP contribution in [-0.2, 0) is 6.54 Å². The molecule has 0 unspecified atom stereocenters. The van der Waals surface area contributed by atoms with E-state index in [1.807, 2.05) is 26.0 Å². The van der Waals surface area contributed by atoms with E-state index in [0.717, 1.165) is 48.3 Å². The van der Waals surface area contributed by atoms with E-state index in [9.17, 15) is 9.18 Å². The van der Waals surface area contributed by atoms with Crippen LogP contribution in [0.25, 0.3) is 0 Å². The lowest BCUT2D eigenvalue weighted by Gasteiger charge is -2.25. The van der Waals surface area contributed by atoms with Gasteiger partial charge in [0.05, 0.1) is 0 Å². The SMILES string of the molecule is Cc1c[nH]c(CN2CCC[C@@H]2c2ccc(F)cc2)c(C)c1=O. The second-order valence-corrected chi connectivity index (χ2v) is 6.08. The fourth-order valence-electron chi connectivity index (χ4n) is 3.25. The zero-order valence-electron chi connectivity index (χ0n) is 13.0. The highest BCUT2D eigenvalue weighted by Gasteiger charge is 2.26. The predicted molar refractivity (Wildman–Crippen MR) is 85.3 cm³/mol. The van der Waals surface area contributed by atoms with Crippen LogP contribution in [0, 0.1) is 19.7 Å². The smallest absolute Gasteiger partial charge is 0.187 e. The number of pyridine rings is 1. The van der Waals surface area contributed by atoms with Crippen molar-refractivity contribution in [2.75, 3.05) is 6.54 Å². The number of aromatic nitrogens is 1. The van der Waals surface area contributed by atoms with Gasteiger partial charge >= 0.3 is 0 Å². The second-order valence-electron chi connectivity index (χ2n) is 6.08. The number of rotatable bonds is 3. The highest BCUT2D eigenvalue weighted by molar-refractivity contribution is 5.25. The average molecular weight is 300 g/mol. The van der Waals surface area contributed by atoms with Crippen LogP contribution in [0.2, 0.25) is 0 Å². The molecule has 1 saturated heterocycles. The second kappa shape index (κ2) is 6.05. The van der Waals surface area contributed by atoms with Crippen LogP contribution >= 0.6 is 0 Å². The molecule has 116 valence electrons. The number of hydrogen-bond donors (Lipinski definition) is 1. The summed E-state index contributed by atoms with van der Waals surface area (Å²) in [6.45, 7) is 5.43. The standard InChI is InChI=1S/C18H21FN2O/c1-12-10-20-16(13(2)18(12)22)11-21-9-3-4-17(21)14-5-7-15(19)8-6-14/h5-8,10,17H,3-4,9,11H2,1-2H3,(H,20,22)/t17-/m1/s1. The summed E-state index contributed by atoms with van der Waals surface area (Å²) >= 11 is 0. The molecule has 2 heterocycles. The van der Waals surface area contributed by atoms with Crippen LogP contribution in [0.3, 0.4) is 0 Å². The van der Waals surface area contributed by atoms with Crippen molar-refractivity contribution in [1.82, 2.24) is 9.88 Å². The summed E-state index contributed by atoms with van der Waals surface area (Å²) in [7, 11) is 0. The molecule has 3 nitrogen and oxygen atoms in total. The first-order chi connectivity index (χ1) is 10.6. The summed E-state index contributed by atoms with van der Waals surface area (Å²) in [4.78, 5) is 17.7. The largest absolute Gasteiger partial charge is 0.363 e. The minimum absolute atomic E-state index is 0.117. The van der Waals surface area contributed by atoms with Crippen molar-refractivity contribution in [1.29, 1.82) is 0 Å². The minimum atomic E-state index is -0.202. The maximum Gasteiger partial charge on any atom is 0.187 e. The first-order valence-corrected chi connectivity index (χ1v) is 7.73. The van der Waals surface area contributed by atoms with Crippen molar-refractivity contribution in [2.24, 2.45) is 0 Å². The van der Waals surface area contributed by atoms with Gasteiger partial charge in [0.1, 0.15) is 5.82 Å². The molecule has 4 heteroatoms. The normalized spacial score (nSPS) is 18.8. The Morgan fingerprint density at radius 1 is 1.27 bits per heavy atom. The van der Waals surface area contributed by atoms with Crippen molar-refractivity contribution in [3.05, 3.63) is 68.9 Å². The van der Waals surface area contributed by atoms with Crippen LogP contribution in [0.4, 0.5) is 4.39 Å². The lowest BCUT2D eigenvalue weighted by Crippen LogP contribution is -2.25. The van der Waals surface area contributed by atoms with Crippen LogP contribution < -0.4 is 5.43 Å². The number of H-pyrrole nitrogens is 1. The van der Waals surface area contributed by atoms with Crippen molar-refractivity contribution >= 4 is 0 Å². The van der Waals surface area contributed by atoms with Gasteiger partial charge in [0.25, 0.3) is 0 Å². The molecule has 2 aromatic rings. The molecule has 0 amide bonds. The number of aryl methyl sites for hydroxylation is 1. The van der Waals surface area contributed by atoms with Gasteiger partial charge < -0.3 is 4.98 Å².